The molecule has 1 saturated heterocycles. The molecule has 0 aliphatic carbocycles. The zero-order valence-electron chi connectivity index (χ0n) is 9.02. The van der Waals surface area contributed by atoms with Crippen LogP contribution in [0.3, 0.4) is 0 Å². The summed E-state index contributed by atoms with van der Waals surface area (Å²) < 4.78 is 0. The normalized spacial score (nSPS) is 15.6. The number of hydrogen-bond donors (Lipinski definition) is 0. The van der Waals surface area contributed by atoms with Crippen LogP contribution in [0.4, 0.5) is 5.69 Å². The molecule has 1 radical (unpaired) electrons. The second-order valence-corrected chi connectivity index (χ2v) is 4.72. The number of rotatable bonds is 2. The van der Waals surface area contributed by atoms with Gasteiger partial charge in [0.1, 0.15) is 0 Å². The van der Waals surface area contributed by atoms with Crippen LogP contribution in [0, 0.1) is 5.51 Å². The highest BCUT2D eigenvalue weighted by Gasteiger charge is 2.12. The van der Waals surface area contributed by atoms with Crippen molar-refractivity contribution >= 4 is 17.0 Å². The van der Waals surface area contributed by atoms with Gasteiger partial charge in [-0.25, -0.2) is 4.98 Å². The summed E-state index contributed by atoms with van der Waals surface area (Å²) in [5, 5.41) is 2.04. The predicted octanol–water partition coefficient (Wildman–Crippen LogP) is 3.21. The smallest absolute Gasteiger partial charge is 0.152 e. The first-order valence-corrected chi connectivity index (χ1v) is 6.48. The molecule has 1 aromatic heterocycles. The molecule has 3 rings (SSSR count). The minimum Gasteiger partial charge on any atom is -0.372 e. The van der Waals surface area contributed by atoms with Gasteiger partial charge in [-0.05, 0) is 25.0 Å². The summed E-state index contributed by atoms with van der Waals surface area (Å²) in [6.07, 6.45) is 2.63. The minimum atomic E-state index is 1.03. The van der Waals surface area contributed by atoms with E-state index in [2.05, 4.69) is 39.7 Å². The van der Waals surface area contributed by atoms with E-state index in [1.165, 1.54) is 48.5 Å². The Morgan fingerprint density at radius 2 is 2.12 bits per heavy atom. The molecule has 1 aliphatic rings. The molecule has 0 saturated carbocycles. The molecule has 0 spiro atoms. The Kier molecular flexibility index (Phi) is 2.62. The van der Waals surface area contributed by atoms with Gasteiger partial charge in [0, 0.05) is 29.7 Å². The van der Waals surface area contributed by atoms with Crippen molar-refractivity contribution in [1.82, 2.24) is 4.98 Å². The molecule has 2 aromatic rings. The van der Waals surface area contributed by atoms with Crippen LogP contribution in [0.2, 0.25) is 0 Å². The molecule has 3 heteroatoms. The van der Waals surface area contributed by atoms with Gasteiger partial charge in [-0.3, -0.25) is 0 Å². The maximum absolute atomic E-state index is 4.23. The van der Waals surface area contributed by atoms with E-state index < -0.39 is 0 Å². The van der Waals surface area contributed by atoms with Gasteiger partial charge in [0.2, 0.25) is 0 Å². The SMILES string of the molecule is [c]1nc(-c2cccc(N3CCCC3)c2)cs1. The van der Waals surface area contributed by atoms with E-state index >= 15 is 0 Å². The van der Waals surface area contributed by atoms with Crippen molar-refractivity contribution in [2.45, 2.75) is 12.8 Å². The van der Waals surface area contributed by atoms with Gasteiger partial charge in [0.25, 0.3) is 0 Å². The van der Waals surface area contributed by atoms with Crippen LogP contribution in [-0.4, -0.2) is 18.1 Å². The summed E-state index contributed by atoms with van der Waals surface area (Å²) in [5.41, 5.74) is 6.45. The van der Waals surface area contributed by atoms with E-state index in [0.717, 1.165) is 5.69 Å². The molecule has 1 aromatic carbocycles. The van der Waals surface area contributed by atoms with Crippen molar-refractivity contribution in [2.24, 2.45) is 0 Å². The monoisotopic (exact) mass is 229 g/mol. The Morgan fingerprint density at radius 3 is 2.88 bits per heavy atom. The van der Waals surface area contributed by atoms with Crippen molar-refractivity contribution < 1.29 is 0 Å². The number of nitrogens with zero attached hydrogens (tertiary/aromatic N) is 2. The van der Waals surface area contributed by atoms with E-state index in [9.17, 15) is 0 Å². The summed E-state index contributed by atoms with van der Waals surface area (Å²) in [4.78, 5) is 6.67. The quantitative estimate of drug-likeness (QED) is 0.786. The van der Waals surface area contributed by atoms with Crippen molar-refractivity contribution in [3.05, 3.63) is 35.2 Å². The highest BCUT2D eigenvalue weighted by Crippen LogP contribution is 2.26. The fraction of sp³-hybridized carbons (Fsp3) is 0.308. The fourth-order valence-corrected chi connectivity index (χ4v) is 2.66. The summed E-state index contributed by atoms with van der Waals surface area (Å²) in [6, 6.07) is 8.64. The van der Waals surface area contributed by atoms with Crippen LogP contribution in [0.5, 0.6) is 0 Å². The Morgan fingerprint density at radius 1 is 1.25 bits per heavy atom. The lowest BCUT2D eigenvalue weighted by molar-refractivity contribution is 0.949. The standard InChI is InChI=1S/C13H13N2S/c1-2-7-15(6-1)12-5-3-4-11(8-12)13-9-16-10-14-13/h3-5,8-9H,1-2,6-7H2. The molecular formula is C13H13N2S. The molecule has 1 aliphatic heterocycles. The predicted molar refractivity (Wildman–Crippen MR) is 67.8 cm³/mol. The molecule has 0 bridgehead atoms. The fourth-order valence-electron chi connectivity index (χ4n) is 2.15. The van der Waals surface area contributed by atoms with Crippen molar-refractivity contribution in [1.29, 1.82) is 0 Å². The lowest BCUT2D eigenvalue weighted by Crippen LogP contribution is -2.17. The van der Waals surface area contributed by atoms with Crippen LogP contribution in [0.15, 0.2) is 29.6 Å². The third kappa shape index (κ3) is 1.83. The summed E-state index contributed by atoms with van der Waals surface area (Å²) in [6.45, 7) is 2.37. The van der Waals surface area contributed by atoms with Gasteiger partial charge in [0.15, 0.2) is 5.51 Å². The number of thiazole rings is 1. The van der Waals surface area contributed by atoms with Crippen LogP contribution in [0.25, 0.3) is 11.3 Å². The van der Waals surface area contributed by atoms with E-state index in [4.69, 9.17) is 0 Å². The van der Waals surface area contributed by atoms with Gasteiger partial charge < -0.3 is 4.90 Å². The lowest BCUT2D eigenvalue weighted by Gasteiger charge is -2.17. The minimum absolute atomic E-state index is 1.03. The molecule has 1 fully saturated rings. The first-order chi connectivity index (χ1) is 7.93. The Bertz CT molecular complexity index is 459. The molecule has 0 atom stereocenters. The largest absolute Gasteiger partial charge is 0.372 e. The van der Waals surface area contributed by atoms with Gasteiger partial charge in [0.05, 0.1) is 5.69 Å². The third-order valence-electron chi connectivity index (χ3n) is 3.00. The lowest BCUT2D eigenvalue weighted by atomic mass is 10.1. The maximum atomic E-state index is 4.23. The summed E-state index contributed by atoms with van der Waals surface area (Å²) >= 11 is 1.52. The van der Waals surface area contributed by atoms with Crippen molar-refractivity contribution in [2.75, 3.05) is 18.0 Å². The second kappa shape index (κ2) is 4.26. The highest BCUT2D eigenvalue weighted by atomic mass is 32.1. The summed E-state index contributed by atoms with van der Waals surface area (Å²) in [5.74, 6) is 0. The molecule has 16 heavy (non-hydrogen) atoms. The number of hydrogen-bond acceptors (Lipinski definition) is 3. The number of anilines is 1. The van der Waals surface area contributed by atoms with Crippen LogP contribution in [-0.2, 0) is 0 Å². The van der Waals surface area contributed by atoms with Crippen LogP contribution in [0.1, 0.15) is 12.8 Å². The first-order valence-electron chi connectivity index (χ1n) is 5.60. The van der Waals surface area contributed by atoms with E-state index in [0.29, 0.717) is 0 Å². The zero-order chi connectivity index (χ0) is 10.8. The highest BCUT2D eigenvalue weighted by molar-refractivity contribution is 7.07. The van der Waals surface area contributed by atoms with Crippen LogP contribution < -0.4 is 4.90 Å². The average Bonchev–Trinajstić information content (AvgIpc) is 3.03. The van der Waals surface area contributed by atoms with Gasteiger partial charge in [-0.1, -0.05) is 12.1 Å². The first kappa shape index (κ1) is 9.85. The molecule has 0 N–H and O–H groups in total. The number of aromatic nitrogens is 1. The number of benzene rings is 1. The maximum Gasteiger partial charge on any atom is 0.152 e. The molecule has 81 valence electrons. The van der Waals surface area contributed by atoms with Crippen molar-refractivity contribution in [3.63, 3.8) is 0 Å². The van der Waals surface area contributed by atoms with Gasteiger partial charge >= 0.3 is 0 Å². The summed E-state index contributed by atoms with van der Waals surface area (Å²) in [7, 11) is 0. The second-order valence-electron chi connectivity index (χ2n) is 4.07. The Labute approximate surface area is 99.6 Å². The molecule has 0 amide bonds. The van der Waals surface area contributed by atoms with Gasteiger partial charge in [-0.15, -0.1) is 11.3 Å². The molecule has 2 nitrogen and oxygen atoms in total. The Hall–Kier alpha value is -1.35. The molecular weight excluding hydrogens is 216 g/mol. The van der Waals surface area contributed by atoms with E-state index in [1.54, 1.807) is 0 Å². The molecule has 2 heterocycles. The van der Waals surface area contributed by atoms with Gasteiger partial charge in [-0.2, -0.15) is 0 Å². The third-order valence-corrected chi connectivity index (χ3v) is 3.54. The zero-order valence-corrected chi connectivity index (χ0v) is 9.83. The molecule has 0 unspecified atom stereocenters. The average molecular weight is 229 g/mol. The van der Waals surface area contributed by atoms with Crippen LogP contribution >= 0.6 is 11.3 Å². The van der Waals surface area contributed by atoms with E-state index in [-0.39, 0.29) is 0 Å². The topological polar surface area (TPSA) is 16.1 Å². The van der Waals surface area contributed by atoms with E-state index in [1.807, 2.05) is 5.38 Å². The van der Waals surface area contributed by atoms with Crippen molar-refractivity contribution in [3.8, 4) is 11.3 Å². The Balaban J connectivity index is 1.93.